The van der Waals surface area contributed by atoms with Crippen molar-refractivity contribution in [1.29, 1.82) is 0 Å². The number of carbonyl (C=O) groups excluding carboxylic acids is 1. The molecule has 4 N–H and O–H groups in total. The van der Waals surface area contributed by atoms with Crippen LogP contribution in [0.4, 0.5) is 0 Å². The Kier molecular flexibility index (Phi) is 6.36. The van der Waals surface area contributed by atoms with Crippen molar-refractivity contribution in [1.82, 2.24) is 4.98 Å². The largest absolute Gasteiger partial charge is 0.508 e. The first-order chi connectivity index (χ1) is 12.7. The van der Waals surface area contributed by atoms with Gasteiger partial charge in [-0.05, 0) is 37.6 Å². The number of aromatic hydroxyl groups is 2. The highest BCUT2D eigenvalue weighted by Crippen LogP contribution is 2.31. The van der Waals surface area contributed by atoms with Gasteiger partial charge in [-0.25, -0.2) is 0 Å². The van der Waals surface area contributed by atoms with Crippen LogP contribution in [0.15, 0.2) is 59.1 Å². The zero-order chi connectivity index (χ0) is 20.1. The molecular weight excluding hydrogens is 346 g/mol. The Morgan fingerprint density at radius 1 is 1.11 bits per heavy atom. The van der Waals surface area contributed by atoms with Crippen molar-refractivity contribution < 1.29 is 20.1 Å². The van der Waals surface area contributed by atoms with Gasteiger partial charge in [0.05, 0.1) is 6.10 Å². The Labute approximate surface area is 157 Å². The molecule has 0 saturated heterocycles. The van der Waals surface area contributed by atoms with E-state index in [1.165, 1.54) is 30.5 Å². The van der Waals surface area contributed by atoms with Crippen LogP contribution in [0.5, 0.6) is 11.5 Å². The molecule has 0 amide bonds. The second kappa shape index (κ2) is 8.51. The van der Waals surface area contributed by atoms with Gasteiger partial charge in [0.15, 0.2) is 5.78 Å². The van der Waals surface area contributed by atoms with Crippen LogP contribution >= 0.6 is 0 Å². The molecule has 0 radical (unpaired) electrons. The summed E-state index contributed by atoms with van der Waals surface area (Å²) in [7, 11) is 0. The van der Waals surface area contributed by atoms with Gasteiger partial charge in [-0.2, -0.15) is 0 Å². The average molecular weight is 369 g/mol. The molecule has 0 bridgehead atoms. The first-order valence-electron chi connectivity index (χ1n) is 8.53. The van der Waals surface area contributed by atoms with Gasteiger partial charge < -0.3 is 20.3 Å². The third-order valence-corrected chi connectivity index (χ3v) is 4.28. The highest BCUT2D eigenvalue weighted by Gasteiger charge is 2.18. The number of benzene rings is 1. The van der Waals surface area contributed by atoms with Crippen LogP contribution in [0.3, 0.4) is 0 Å². The van der Waals surface area contributed by atoms with Gasteiger partial charge in [0.25, 0.3) is 5.56 Å². The quantitative estimate of drug-likeness (QED) is 0.355. The minimum Gasteiger partial charge on any atom is -0.508 e. The van der Waals surface area contributed by atoms with Crippen molar-refractivity contribution in [2.45, 2.75) is 26.9 Å². The molecule has 1 aromatic carbocycles. The molecule has 0 aliphatic heterocycles. The smallest absolute Gasteiger partial charge is 0.263 e. The number of aromatic nitrogens is 1. The molecule has 2 rings (SSSR count). The summed E-state index contributed by atoms with van der Waals surface area (Å²) in [6.45, 7) is 5.30. The molecule has 1 heterocycles. The number of carbonyl (C=O) groups is 1. The Morgan fingerprint density at radius 2 is 1.74 bits per heavy atom. The SMILES string of the molecule is CC(C=CC(=O)c1c(O)c(-c2ccc(O)cc2)c[nH]c1=O)=C[C@H](C)[C@H](C)O. The van der Waals surface area contributed by atoms with Crippen LogP contribution in [0.1, 0.15) is 31.1 Å². The lowest BCUT2D eigenvalue weighted by atomic mass is 10.0. The molecule has 0 spiro atoms. The minimum absolute atomic E-state index is 0.0654. The van der Waals surface area contributed by atoms with E-state index < -0.39 is 23.2 Å². The average Bonchev–Trinajstić information content (AvgIpc) is 2.61. The zero-order valence-electron chi connectivity index (χ0n) is 15.4. The van der Waals surface area contributed by atoms with Crippen molar-refractivity contribution in [2.75, 3.05) is 0 Å². The van der Waals surface area contributed by atoms with E-state index in [1.807, 2.05) is 13.0 Å². The first-order valence-corrected chi connectivity index (χ1v) is 8.53. The number of allylic oxidation sites excluding steroid dienone is 3. The van der Waals surface area contributed by atoms with Gasteiger partial charge in [0, 0.05) is 17.7 Å². The molecule has 0 fully saturated rings. The van der Waals surface area contributed by atoms with Crippen LogP contribution in [0.2, 0.25) is 0 Å². The fraction of sp³-hybridized carbons (Fsp3) is 0.238. The summed E-state index contributed by atoms with van der Waals surface area (Å²) < 4.78 is 0. The van der Waals surface area contributed by atoms with Crippen LogP contribution < -0.4 is 5.56 Å². The summed E-state index contributed by atoms with van der Waals surface area (Å²) in [6, 6.07) is 6.02. The second-order valence-corrected chi connectivity index (χ2v) is 6.51. The predicted octanol–water partition coefficient (Wildman–Crippen LogP) is 3.16. The van der Waals surface area contributed by atoms with E-state index in [0.29, 0.717) is 5.56 Å². The number of hydrogen-bond acceptors (Lipinski definition) is 5. The third kappa shape index (κ3) is 4.95. The summed E-state index contributed by atoms with van der Waals surface area (Å²) in [6.07, 6.45) is 5.36. The maximum Gasteiger partial charge on any atom is 0.263 e. The van der Waals surface area contributed by atoms with Crippen molar-refractivity contribution in [3.63, 3.8) is 0 Å². The standard InChI is InChI=1S/C21H23NO5/c1-12(10-13(2)14(3)23)4-9-18(25)19-20(26)17(11-22-21(19)27)15-5-7-16(24)8-6-15/h4-11,13-14,23-24H,1-3H3,(H2,22,26,27)/t13-,14-/m0/s1. The number of nitrogens with one attached hydrogen (secondary N) is 1. The normalized spacial score (nSPS) is 14.3. The number of hydrogen-bond donors (Lipinski definition) is 4. The second-order valence-electron chi connectivity index (χ2n) is 6.51. The van der Waals surface area contributed by atoms with Gasteiger partial charge in [0.2, 0.25) is 0 Å². The van der Waals surface area contributed by atoms with Crippen LogP contribution in [-0.2, 0) is 0 Å². The van der Waals surface area contributed by atoms with Gasteiger partial charge in [-0.3, -0.25) is 9.59 Å². The predicted molar refractivity (Wildman–Crippen MR) is 104 cm³/mol. The first kappa shape index (κ1) is 20.2. The zero-order valence-corrected chi connectivity index (χ0v) is 15.4. The van der Waals surface area contributed by atoms with E-state index >= 15 is 0 Å². The molecule has 0 unspecified atom stereocenters. The molecule has 0 saturated carbocycles. The van der Waals surface area contributed by atoms with E-state index in [1.54, 1.807) is 26.0 Å². The maximum atomic E-state index is 12.5. The van der Waals surface area contributed by atoms with Crippen molar-refractivity contribution in [2.24, 2.45) is 5.92 Å². The molecule has 2 atom stereocenters. The molecule has 6 heteroatoms. The molecule has 1 aromatic heterocycles. The molecular formula is C21H23NO5. The highest BCUT2D eigenvalue weighted by molar-refractivity contribution is 6.07. The van der Waals surface area contributed by atoms with E-state index in [0.717, 1.165) is 5.57 Å². The van der Waals surface area contributed by atoms with E-state index in [9.17, 15) is 24.9 Å². The highest BCUT2D eigenvalue weighted by atomic mass is 16.3. The summed E-state index contributed by atoms with van der Waals surface area (Å²) in [4.78, 5) is 27.0. The summed E-state index contributed by atoms with van der Waals surface area (Å²) >= 11 is 0. The van der Waals surface area contributed by atoms with Gasteiger partial charge in [0.1, 0.15) is 17.1 Å². The van der Waals surface area contributed by atoms with E-state index in [2.05, 4.69) is 4.98 Å². The molecule has 6 nitrogen and oxygen atoms in total. The number of rotatable bonds is 6. The number of ketones is 1. The van der Waals surface area contributed by atoms with Gasteiger partial charge in [-0.15, -0.1) is 0 Å². The number of H-pyrrole nitrogens is 1. The lowest BCUT2D eigenvalue weighted by Gasteiger charge is -2.10. The molecule has 0 aliphatic carbocycles. The van der Waals surface area contributed by atoms with Gasteiger partial charge >= 0.3 is 0 Å². The number of aliphatic hydroxyl groups excluding tert-OH is 1. The maximum absolute atomic E-state index is 12.5. The number of aliphatic hydroxyl groups is 1. The van der Waals surface area contributed by atoms with Crippen LogP contribution in [-0.4, -0.2) is 32.2 Å². The fourth-order valence-electron chi connectivity index (χ4n) is 2.51. The fourth-order valence-corrected chi connectivity index (χ4v) is 2.51. The van der Waals surface area contributed by atoms with Crippen molar-refractivity contribution in [3.8, 4) is 22.6 Å². The van der Waals surface area contributed by atoms with Crippen molar-refractivity contribution >= 4 is 5.78 Å². The lowest BCUT2D eigenvalue weighted by Crippen LogP contribution is -2.16. The Balaban J connectivity index is 2.36. The van der Waals surface area contributed by atoms with E-state index in [4.69, 9.17) is 0 Å². The topological polar surface area (TPSA) is 111 Å². The monoisotopic (exact) mass is 369 g/mol. The number of pyridine rings is 1. The molecule has 27 heavy (non-hydrogen) atoms. The van der Waals surface area contributed by atoms with Crippen molar-refractivity contribution in [3.05, 3.63) is 70.2 Å². The third-order valence-electron chi connectivity index (χ3n) is 4.28. The number of phenolic OH excluding ortho intramolecular Hbond substituents is 1. The molecule has 142 valence electrons. The Hall–Kier alpha value is -3.12. The Morgan fingerprint density at radius 3 is 2.33 bits per heavy atom. The summed E-state index contributed by atoms with van der Waals surface area (Å²) in [5.74, 6) is -1.07. The Bertz CT molecular complexity index is 936. The number of aromatic amines is 1. The van der Waals surface area contributed by atoms with E-state index in [-0.39, 0.29) is 22.8 Å². The minimum atomic E-state index is -0.691. The van der Waals surface area contributed by atoms with Crippen LogP contribution in [0, 0.1) is 5.92 Å². The molecule has 0 aliphatic rings. The summed E-state index contributed by atoms with van der Waals surface area (Å²) in [5, 5.41) is 29.4. The molecule has 2 aromatic rings. The van der Waals surface area contributed by atoms with Gasteiger partial charge in [-0.1, -0.05) is 36.8 Å². The lowest BCUT2D eigenvalue weighted by molar-refractivity contribution is 0.104. The summed E-state index contributed by atoms with van der Waals surface area (Å²) in [5.41, 5.74) is 0.530. The number of phenols is 1. The van der Waals surface area contributed by atoms with Crippen LogP contribution in [0.25, 0.3) is 11.1 Å².